The second-order valence-corrected chi connectivity index (χ2v) is 7.92. The highest BCUT2D eigenvalue weighted by Gasteiger charge is 2.20. The van der Waals surface area contributed by atoms with Gasteiger partial charge in [0, 0.05) is 15.6 Å². The maximum atomic E-state index is 14.0. The largest absolute Gasteiger partial charge is 0.318 e. The molecule has 0 bridgehead atoms. The molecule has 1 amide bonds. The highest BCUT2D eigenvalue weighted by molar-refractivity contribution is 7.21. The molecule has 0 saturated carbocycles. The number of amides is 1. The van der Waals surface area contributed by atoms with E-state index in [0.29, 0.717) is 33.4 Å². The van der Waals surface area contributed by atoms with Crippen LogP contribution in [0.3, 0.4) is 0 Å². The molecule has 0 aliphatic carbocycles. The van der Waals surface area contributed by atoms with Crippen LogP contribution in [0.15, 0.2) is 48.5 Å². The minimum Gasteiger partial charge on any atom is -0.318 e. The van der Waals surface area contributed by atoms with E-state index in [1.807, 2.05) is 38.1 Å². The maximum Gasteiger partial charge on any atom is 0.267 e. The lowest BCUT2D eigenvalue weighted by molar-refractivity contribution is 0.103. The number of benzene rings is 2. The molecule has 0 radical (unpaired) electrons. The van der Waals surface area contributed by atoms with Gasteiger partial charge in [0.15, 0.2) is 0 Å². The molecule has 0 atom stereocenters. The van der Waals surface area contributed by atoms with E-state index in [1.54, 1.807) is 22.9 Å². The Hall–Kier alpha value is -2.70. The van der Waals surface area contributed by atoms with Crippen molar-refractivity contribution in [2.45, 2.75) is 20.4 Å². The number of rotatable bonds is 4. The van der Waals surface area contributed by atoms with Crippen molar-refractivity contribution in [3.63, 3.8) is 0 Å². The van der Waals surface area contributed by atoms with E-state index < -0.39 is 0 Å². The quantitative estimate of drug-likeness (QED) is 0.459. The fourth-order valence-electron chi connectivity index (χ4n) is 3.15. The molecule has 0 unspecified atom stereocenters. The van der Waals surface area contributed by atoms with Crippen LogP contribution in [0.4, 0.5) is 10.1 Å². The Bertz CT molecular complexity index is 1200. The maximum absolute atomic E-state index is 14.0. The minimum absolute atomic E-state index is 0.275. The van der Waals surface area contributed by atoms with Crippen molar-refractivity contribution in [2.24, 2.45) is 0 Å². The molecule has 0 fully saturated rings. The summed E-state index contributed by atoms with van der Waals surface area (Å²) in [5.41, 5.74) is 2.58. The molecule has 1 N–H and O–H groups in total. The lowest BCUT2D eigenvalue weighted by Gasteiger charge is -2.07. The van der Waals surface area contributed by atoms with Crippen molar-refractivity contribution in [3.05, 3.63) is 81.2 Å². The fraction of sp³-hybridized carbons (Fsp3) is 0.143. The van der Waals surface area contributed by atoms with Gasteiger partial charge < -0.3 is 5.32 Å². The van der Waals surface area contributed by atoms with E-state index in [1.165, 1.54) is 17.4 Å². The number of carbonyl (C=O) groups is 1. The van der Waals surface area contributed by atoms with Gasteiger partial charge in [0.25, 0.3) is 5.91 Å². The van der Waals surface area contributed by atoms with Gasteiger partial charge in [0.2, 0.25) is 0 Å². The van der Waals surface area contributed by atoms with E-state index in [2.05, 4.69) is 10.4 Å². The molecule has 0 aliphatic rings. The number of fused-ring (bicyclic) bond motifs is 1. The normalized spacial score (nSPS) is 11.1. The highest BCUT2D eigenvalue weighted by Crippen LogP contribution is 2.36. The Morgan fingerprint density at radius 1 is 1.18 bits per heavy atom. The van der Waals surface area contributed by atoms with Gasteiger partial charge >= 0.3 is 0 Å². The van der Waals surface area contributed by atoms with Crippen LogP contribution in [0.5, 0.6) is 0 Å². The first-order chi connectivity index (χ1) is 13.5. The first-order valence-corrected chi connectivity index (χ1v) is 9.91. The Morgan fingerprint density at radius 2 is 1.89 bits per heavy atom. The van der Waals surface area contributed by atoms with Gasteiger partial charge in [-0.05, 0) is 26.0 Å². The smallest absolute Gasteiger partial charge is 0.267 e. The molecule has 7 heteroatoms. The summed E-state index contributed by atoms with van der Waals surface area (Å²) in [6.45, 7) is 3.95. The summed E-state index contributed by atoms with van der Waals surface area (Å²) in [5, 5.41) is 8.71. The van der Waals surface area contributed by atoms with E-state index >= 15 is 0 Å². The van der Waals surface area contributed by atoms with Crippen LogP contribution in [-0.2, 0) is 6.54 Å². The van der Waals surface area contributed by atoms with Crippen molar-refractivity contribution in [1.82, 2.24) is 9.78 Å². The summed E-state index contributed by atoms with van der Waals surface area (Å²) in [7, 11) is 0. The second-order valence-electron chi connectivity index (χ2n) is 6.49. The highest BCUT2D eigenvalue weighted by atomic mass is 35.5. The first kappa shape index (κ1) is 18.7. The molecule has 0 aliphatic heterocycles. The van der Waals surface area contributed by atoms with E-state index in [4.69, 9.17) is 11.6 Å². The molecule has 142 valence electrons. The molecule has 4 aromatic rings. The number of halogens is 2. The molecule has 0 saturated heterocycles. The van der Waals surface area contributed by atoms with Crippen LogP contribution in [0.2, 0.25) is 5.02 Å². The number of nitrogens with zero attached hydrogens (tertiary/aromatic N) is 2. The zero-order valence-electron chi connectivity index (χ0n) is 15.3. The van der Waals surface area contributed by atoms with Crippen LogP contribution in [-0.4, -0.2) is 15.7 Å². The minimum atomic E-state index is -0.280. The van der Waals surface area contributed by atoms with Crippen molar-refractivity contribution in [3.8, 4) is 0 Å². The topological polar surface area (TPSA) is 46.9 Å². The van der Waals surface area contributed by atoms with Gasteiger partial charge in [-0.1, -0.05) is 48.0 Å². The van der Waals surface area contributed by atoms with Crippen LogP contribution in [0.1, 0.15) is 26.6 Å². The van der Waals surface area contributed by atoms with Crippen molar-refractivity contribution in [1.29, 1.82) is 0 Å². The molecule has 28 heavy (non-hydrogen) atoms. The van der Waals surface area contributed by atoms with Gasteiger partial charge in [-0.2, -0.15) is 5.10 Å². The summed E-state index contributed by atoms with van der Waals surface area (Å²) in [5.74, 6) is -0.555. The van der Waals surface area contributed by atoms with Crippen molar-refractivity contribution < 1.29 is 9.18 Å². The van der Waals surface area contributed by atoms with Gasteiger partial charge in [-0.3, -0.25) is 9.48 Å². The lowest BCUT2D eigenvalue weighted by atomic mass is 10.2. The summed E-state index contributed by atoms with van der Waals surface area (Å²) < 4.78 is 16.6. The number of anilines is 1. The zero-order valence-corrected chi connectivity index (χ0v) is 16.9. The lowest BCUT2D eigenvalue weighted by Crippen LogP contribution is -2.12. The number of thiophene rings is 1. The third kappa shape index (κ3) is 3.30. The molecular weight excluding hydrogens is 397 g/mol. The number of hydrogen-bond donors (Lipinski definition) is 1. The number of aryl methyl sites for hydroxylation is 1. The van der Waals surface area contributed by atoms with Gasteiger partial charge in [-0.25, -0.2) is 4.39 Å². The van der Waals surface area contributed by atoms with Gasteiger partial charge in [0.1, 0.15) is 10.7 Å². The van der Waals surface area contributed by atoms with Gasteiger partial charge in [0.05, 0.1) is 28.6 Å². The van der Waals surface area contributed by atoms with Crippen LogP contribution in [0, 0.1) is 19.7 Å². The standard InChI is InChI=1S/C21H17ClFN3OS/c1-12-19(13(2)26(25-12)11-14-7-3-5-9-16(14)23)24-21(27)20-18(22)15-8-4-6-10-17(15)28-20/h3-10H,11H2,1-2H3,(H,24,27). The average Bonchev–Trinajstić information content (AvgIpc) is 3.15. The Balaban J connectivity index is 1.63. The Labute approximate surface area is 170 Å². The van der Waals surface area contributed by atoms with E-state index in [0.717, 1.165) is 15.8 Å². The summed E-state index contributed by atoms with van der Waals surface area (Å²) in [6.07, 6.45) is 0. The first-order valence-electron chi connectivity index (χ1n) is 8.71. The zero-order chi connectivity index (χ0) is 19.8. The summed E-state index contributed by atoms with van der Waals surface area (Å²) in [4.78, 5) is 13.3. The third-order valence-electron chi connectivity index (χ3n) is 4.64. The summed E-state index contributed by atoms with van der Waals surface area (Å²) >= 11 is 7.77. The third-order valence-corrected chi connectivity index (χ3v) is 6.31. The van der Waals surface area contributed by atoms with Crippen LogP contribution in [0.25, 0.3) is 10.1 Å². The molecule has 2 aromatic carbocycles. The molecule has 4 rings (SSSR count). The number of aromatic nitrogens is 2. The summed E-state index contributed by atoms with van der Waals surface area (Å²) in [6, 6.07) is 14.2. The average molecular weight is 414 g/mol. The Kier molecular flexibility index (Phi) is 4.91. The van der Waals surface area contributed by atoms with Crippen LogP contribution < -0.4 is 5.32 Å². The van der Waals surface area contributed by atoms with Gasteiger partial charge in [-0.15, -0.1) is 11.3 Å². The van der Waals surface area contributed by atoms with Crippen LogP contribution >= 0.6 is 22.9 Å². The fourth-order valence-corrected chi connectivity index (χ4v) is 4.56. The van der Waals surface area contributed by atoms with Crippen molar-refractivity contribution in [2.75, 3.05) is 5.32 Å². The molecule has 2 aromatic heterocycles. The predicted octanol–water partition coefficient (Wildman–Crippen LogP) is 5.81. The van der Waals surface area contributed by atoms with E-state index in [9.17, 15) is 9.18 Å². The number of nitrogens with one attached hydrogen (secondary N) is 1. The monoisotopic (exact) mass is 413 g/mol. The molecule has 2 heterocycles. The molecule has 4 nitrogen and oxygen atoms in total. The van der Waals surface area contributed by atoms with Crippen molar-refractivity contribution >= 4 is 44.6 Å². The number of carbonyl (C=O) groups excluding carboxylic acids is 1. The second kappa shape index (κ2) is 7.37. The number of hydrogen-bond acceptors (Lipinski definition) is 3. The molecule has 0 spiro atoms. The van der Waals surface area contributed by atoms with E-state index in [-0.39, 0.29) is 11.7 Å². The Morgan fingerprint density at radius 3 is 2.64 bits per heavy atom. The molecular formula is C21H17ClFN3OS. The SMILES string of the molecule is Cc1nn(Cc2ccccc2F)c(C)c1NC(=O)c1sc2ccccc2c1Cl. The predicted molar refractivity (Wildman–Crippen MR) is 112 cm³/mol.